The summed E-state index contributed by atoms with van der Waals surface area (Å²) in [6.07, 6.45) is -2.99. The van der Waals surface area contributed by atoms with Crippen LogP contribution in [0.5, 0.6) is 0 Å². The average Bonchev–Trinajstić information content (AvgIpc) is 2.32. The molecule has 1 fully saturated rings. The number of carboxylic acids is 1. The number of alkyl halides is 3. The Morgan fingerprint density at radius 3 is 2.47 bits per heavy atom. The molecule has 19 heavy (non-hydrogen) atoms. The van der Waals surface area contributed by atoms with Crippen molar-refractivity contribution < 1.29 is 32.5 Å². The van der Waals surface area contributed by atoms with Gasteiger partial charge in [-0.2, -0.15) is 13.2 Å². The fourth-order valence-corrected chi connectivity index (χ4v) is 1.87. The number of aliphatic carboxylic acids is 1. The lowest BCUT2D eigenvalue weighted by atomic mass is 10.1. The van der Waals surface area contributed by atoms with Gasteiger partial charge in [-0.1, -0.05) is 0 Å². The first-order valence-corrected chi connectivity index (χ1v) is 6.07. The van der Waals surface area contributed by atoms with Gasteiger partial charge < -0.3 is 19.5 Å². The fourth-order valence-electron chi connectivity index (χ4n) is 1.87. The van der Waals surface area contributed by atoms with Crippen molar-refractivity contribution in [1.29, 1.82) is 0 Å². The van der Waals surface area contributed by atoms with E-state index in [1.165, 1.54) is 0 Å². The predicted octanol–water partition coefficient (Wildman–Crippen LogP) is 1.13. The number of hydrogen-bond acceptors (Lipinski definition) is 4. The Labute approximate surface area is 109 Å². The van der Waals surface area contributed by atoms with Crippen LogP contribution in [0.4, 0.5) is 13.2 Å². The zero-order valence-electron chi connectivity index (χ0n) is 10.5. The number of ether oxygens (including phenoxy) is 2. The minimum Gasteiger partial charge on any atom is -0.480 e. The molecule has 0 aromatic heterocycles. The van der Waals surface area contributed by atoms with E-state index in [2.05, 4.69) is 4.74 Å². The van der Waals surface area contributed by atoms with Crippen molar-refractivity contribution in [3.63, 3.8) is 0 Å². The van der Waals surface area contributed by atoms with Crippen LogP contribution in [0.1, 0.15) is 12.8 Å². The quantitative estimate of drug-likeness (QED) is 0.711. The lowest BCUT2D eigenvalue weighted by Gasteiger charge is -2.31. The number of hydrogen-bond donors (Lipinski definition) is 1. The van der Waals surface area contributed by atoms with E-state index in [1.54, 1.807) is 0 Å². The standard InChI is InChI=1S/C11H18F3NO4/c12-11(13,14)8-18-6-5-15-3-1-9(2-4-15)19-7-10(16)17/h9H,1-8H2,(H,16,17). The van der Waals surface area contributed by atoms with Gasteiger partial charge in [-0.15, -0.1) is 0 Å². The molecule has 1 N–H and O–H groups in total. The first-order valence-electron chi connectivity index (χ1n) is 6.07. The minimum absolute atomic E-state index is 0.0418. The molecule has 1 aliphatic heterocycles. The second-order valence-corrected chi connectivity index (χ2v) is 4.41. The smallest absolute Gasteiger partial charge is 0.411 e. The molecule has 0 radical (unpaired) electrons. The zero-order valence-corrected chi connectivity index (χ0v) is 10.5. The summed E-state index contributed by atoms with van der Waals surface area (Å²) in [5.74, 6) is -0.997. The van der Waals surface area contributed by atoms with Gasteiger partial charge in [0.15, 0.2) is 0 Å². The van der Waals surface area contributed by atoms with E-state index in [0.717, 1.165) is 0 Å². The van der Waals surface area contributed by atoms with Crippen LogP contribution in [-0.2, 0) is 14.3 Å². The van der Waals surface area contributed by atoms with E-state index < -0.39 is 18.8 Å². The number of halogens is 3. The Bertz CT molecular complexity index is 278. The highest BCUT2D eigenvalue weighted by Crippen LogP contribution is 2.15. The van der Waals surface area contributed by atoms with Gasteiger partial charge in [-0.25, -0.2) is 4.79 Å². The van der Waals surface area contributed by atoms with E-state index in [-0.39, 0.29) is 19.3 Å². The Hall–Kier alpha value is -0.860. The van der Waals surface area contributed by atoms with Gasteiger partial charge in [-0.3, -0.25) is 0 Å². The maximum absolute atomic E-state index is 11.8. The normalized spacial score (nSPS) is 18.7. The SMILES string of the molecule is O=C(O)COC1CCN(CCOCC(F)(F)F)CC1. The van der Waals surface area contributed by atoms with Gasteiger partial charge >= 0.3 is 12.1 Å². The molecule has 0 bridgehead atoms. The second kappa shape index (κ2) is 7.66. The third kappa shape index (κ3) is 8.02. The third-order valence-corrected chi connectivity index (χ3v) is 2.79. The molecular weight excluding hydrogens is 267 g/mol. The lowest BCUT2D eigenvalue weighted by molar-refractivity contribution is -0.174. The molecule has 0 unspecified atom stereocenters. The number of carbonyl (C=O) groups is 1. The summed E-state index contributed by atoms with van der Waals surface area (Å²) >= 11 is 0. The van der Waals surface area contributed by atoms with Crippen LogP contribution in [0.3, 0.4) is 0 Å². The number of nitrogens with zero attached hydrogens (tertiary/aromatic N) is 1. The van der Waals surface area contributed by atoms with E-state index in [0.29, 0.717) is 32.5 Å². The van der Waals surface area contributed by atoms with Crippen molar-refractivity contribution in [2.75, 3.05) is 39.5 Å². The summed E-state index contributed by atoms with van der Waals surface area (Å²) in [5.41, 5.74) is 0. The van der Waals surface area contributed by atoms with Crippen LogP contribution in [0.15, 0.2) is 0 Å². The zero-order chi connectivity index (χ0) is 14.3. The van der Waals surface area contributed by atoms with Crippen molar-refractivity contribution in [2.45, 2.75) is 25.1 Å². The van der Waals surface area contributed by atoms with Crippen LogP contribution in [0.25, 0.3) is 0 Å². The van der Waals surface area contributed by atoms with Crippen molar-refractivity contribution in [3.8, 4) is 0 Å². The fraction of sp³-hybridized carbons (Fsp3) is 0.909. The molecule has 0 spiro atoms. The van der Waals surface area contributed by atoms with Crippen LogP contribution >= 0.6 is 0 Å². The Morgan fingerprint density at radius 1 is 1.32 bits per heavy atom. The molecule has 1 aliphatic rings. The van der Waals surface area contributed by atoms with E-state index in [1.807, 2.05) is 4.90 Å². The maximum Gasteiger partial charge on any atom is 0.411 e. The first kappa shape index (κ1) is 16.2. The van der Waals surface area contributed by atoms with Crippen LogP contribution in [0, 0.1) is 0 Å². The lowest BCUT2D eigenvalue weighted by Crippen LogP contribution is -2.39. The van der Waals surface area contributed by atoms with Gasteiger partial charge in [-0.05, 0) is 12.8 Å². The monoisotopic (exact) mass is 285 g/mol. The summed E-state index contributed by atoms with van der Waals surface area (Å²) in [6.45, 7) is 0.325. The van der Waals surface area contributed by atoms with Gasteiger partial charge in [0, 0.05) is 19.6 Å². The molecule has 1 saturated heterocycles. The highest BCUT2D eigenvalue weighted by atomic mass is 19.4. The molecular formula is C11H18F3NO4. The average molecular weight is 285 g/mol. The number of rotatable bonds is 7. The summed E-state index contributed by atoms with van der Waals surface area (Å²) in [6, 6.07) is 0. The van der Waals surface area contributed by atoms with Crippen LogP contribution in [0.2, 0.25) is 0 Å². The molecule has 0 atom stereocenters. The first-order chi connectivity index (χ1) is 8.87. The van der Waals surface area contributed by atoms with Crippen LogP contribution < -0.4 is 0 Å². The minimum atomic E-state index is -4.28. The van der Waals surface area contributed by atoms with E-state index in [9.17, 15) is 18.0 Å². The highest BCUT2D eigenvalue weighted by molar-refractivity contribution is 5.68. The van der Waals surface area contributed by atoms with Gasteiger partial charge in [0.25, 0.3) is 0 Å². The molecule has 1 rings (SSSR count). The summed E-state index contributed by atoms with van der Waals surface area (Å²) in [7, 11) is 0. The Morgan fingerprint density at radius 2 is 1.95 bits per heavy atom. The van der Waals surface area contributed by atoms with Crippen molar-refractivity contribution >= 4 is 5.97 Å². The number of piperidine rings is 1. The molecule has 1 heterocycles. The third-order valence-electron chi connectivity index (χ3n) is 2.79. The number of likely N-dealkylation sites (tertiary alicyclic amines) is 1. The van der Waals surface area contributed by atoms with E-state index in [4.69, 9.17) is 9.84 Å². The van der Waals surface area contributed by atoms with Crippen molar-refractivity contribution in [3.05, 3.63) is 0 Å². The van der Waals surface area contributed by atoms with Gasteiger partial charge in [0.05, 0.1) is 12.7 Å². The molecule has 0 aromatic carbocycles. The summed E-state index contributed by atoms with van der Waals surface area (Å²) in [5, 5.41) is 8.46. The summed E-state index contributed by atoms with van der Waals surface area (Å²) in [4.78, 5) is 12.3. The van der Waals surface area contributed by atoms with Gasteiger partial charge in [0.2, 0.25) is 0 Å². The van der Waals surface area contributed by atoms with E-state index >= 15 is 0 Å². The predicted molar refractivity (Wildman–Crippen MR) is 59.9 cm³/mol. The second-order valence-electron chi connectivity index (χ2n) is 4.41. The molecule has 0 aliphatic carbocycles. The molecule has 112 valence electrons. The molecule has 5 nitrogen and oxygen atoms in total. The van der Waals surface area contributed by atoms with Crippen molar-refractivity contribution in [1.82, 2.24) is 4.90 Å². The molecule has 0 aromatic rings. The largest absolute Gasteiger partial charge is 0.480 e. The van der Waals surface area contributed by atoms with Gasteiger partial charge in [0.1, 0.15) is 13.2 Å². The molecule has 0 saturated carbocycles. The maximum atomic E-state index is 11.8. The Balaban J connectivity index is 2.05. The van der Waals surface area contributed by atoms with Crippen LogP contribution in [-0.4, -0.2) is 67.7 Å². The Kier molecular flexibility index (Phi) is 6.53. The number of carboxylic acid groups (broad SMARTS) is 1. The molecule has 8 heteroatoms. The van der Waals surface area contributed by atoms with Crippen molar-refractivity contribution in [2.24, 2.45) is 0 Å². The molecule has 0 amide bonds. The highest BCUT2D eigenvalue weighted by Gasteiger charge is 2.27. The summed E-state index contributed by atoms with van der Waals surface area (Å²) < 4.78 is 45.1. The topological polar surface area (TPSA) is 59.0 Å².